The normalized spacial score (nSPS) is 18.0. The van der Waals surface area contributed by atoms with E-state index in [0.717, 1.165) is 42.9 Å². The molecule has 3 heterocycles. The molecule has 0 aliphatic carbocycles. The zero-order valence-electron chi connectivity index (χ0n) is 13.9. The third kappa shape index (κ3) is 3.29. The van der Waals surface area contributed by atoms with Crippen molar-refractivity contribution in [1.29, 1.82) is 0 Å². The average molecular weight is 341 g/mol. The fourth-order valence-electron chi connectivity index (χ4n) is 3.50. The summed E-state index contributed by atoms with van der Waals surface area (Å²) < 4.78 is 18.7. The number of aromatic nitrogens is 2. The Morgan fingerprint density at radius 3 is 3.12 bits per heavy atom. The van der Waals surface area contributed by atoms with Crippen LogP contribution in [-0.2, 0) is 11.2 Å². The van der Waals surface area contributed by atoms with E-state index in [2.05, 4.69) is 9.97 Å². The number of aryl methyl sites for hydroxylation is 1. The van der Waals surface area contributed by atoms with Gasteiger partial charge in [0.05, 0.1) is 23.3 Å². The second kappa shape index (κ2) is 6.70. The van der Waals surface area contributed by atoms with Gasteiger partial charge in [-0.05, 0) is 49.6 Å². The third-order valence-corrected chi connectivity index (χ3v) is 4.77. The Morgan fingerprint density at radius 2 is 2.28 bits per heavy atom. The van der Waals surface area contributed by atoms with Crippen molar-refractivity contribution in [3.8, 4) is 0 Å². The van der Waals surface area contributed by atoms with Crippen molar-refractivity contribution < 1.29 is 13.6 Å². The van der Waals surface area contributed by atoms with E-state index in [1.54, 1.807) is 12.3 Å². The monoisotopic (exact) mass is 341 g/mol. The maximum Gasteiger partial charge on any atom is 0.223 e. The first-order chi connectivity index (χ1) is 12.2. The van der Waals surface area contributed by atoms with Crippen LogP contribution in [0.4, 0.5) is 4.39 Å². The fraction of sp³-hybridized carbons (Fsp3) is 0.368. The molecule has 25 heavy (non-hydrogen) atoms. The molecule has 1 aliphatic rings. The van der Waals surface area contributed by atoms with Gasteiger partial charge in [-0.3, -0.25) is 4.79 Å². The lowest BCUT2D eigenvalue weighted by Crippen LogP contribution is -2.39. The summed E-state index contributed by atoms with van der Waals surface area (Å²) in [5, 5.41) is 0. The molecule has 0 spiro atoms. The van der Waals surface area contributed by atoms with E-state index in [4.69, 9.17) is 4.42 Å². The van der Waals surface area contributed by atoms with Gasteiger partial charge in [0, 0.05) is 19.4 Å². The van der Waals surface area contributed by atoms with E-state index in [-0.39, 0.29) is 17.8 Å². The SMILES string of the molecule is O=C(CCc1ccco1)N1CCCC[C@H]1c1nc2ccc(F)cc2[nH]1. The fourth-order valence-corrected chi connectivity index (χ4v) is 3.50. The number of nitrogens with one attached hydrogen (secondary N) is 1. The Labute approximate surface area is 144 Å². The summed E-state index contributed by atoms with van der Waals surface area (Å²) in [7, 11) is 0. The number of nitrogens with zero attached hydrogens (tertiary/aromatic N) is 2. The number of amides is 1. The lowest BCUT2D eigenvalue weighted by molar-refractivity contribution is -0.135. The Hall–Kier alpha value is -2.63. The highest BCUT2D eigenvalue weighted by Gasteiger charge is 2.30. The smallest absolute Gasteiger partial charge is 0.223 e. The molecular weight excluding hydrogens is 321 g/mol. The molecule has 5 nitrogen and oxygen atoms in total. The van der Waals surface area contributed by atoms with Crippen LogP contribution in [0, 0.1) is 5.82 Å². The molecule has 1 fully saturated rings. The number of H-pyrrole nitrogens is 1. The molecular formula is C19H20FN3O2. The molecule has 0 bridgehead atoms. The Morgan fingerprint density at radius 1 is 1.36 bits per heavy atom. The van der Waals surface area contributed by atoms with Crippen LogP contribution in [0.1, 0.15) is 43.3 Å². The number of hydrogen-bond acceptors (Lipinski definition) is 3. The zero-order valence-corrected chi connectivity index (χ0v) is 13.9. The molecule has 1 aromatic carbocycles. The summed E-state index contributed by atoms with van der Waals surface area (Å²) in [6, 6.07) is 8.15. The number of imidazole rings is 1. The molecule has 3 aromatic rings. The van der Waals surface area contributed by atoms with Crippen molar-refractivity contribution in [3.63, 3.8) is 0 Å². The molecule has 4 rings (SSSR count). The first kappa shape index (κ1) is 15.9. The van der Waals surface area contributed by atoms with Crippen molar-refractivity contribution in [1.82, 2.24) is 14.9 Å². The second-order valence-corrected chi connectivity index (χ2v) is 6.46. The van der Waals surface area contributed by atoms with E-state index in [0.29, 0.717) is 18.4 Å². The van der Waals surface area contributed by atoms with Crippen molar-refractivity contribution in [2.24, 2.45) is 0 Å². The lowest BCUT2D eigenvalue weighted by Gasteiger charge is -2.34. The molecule has 0 unspecified atom stereocenters. The largest absolute Gasteiger partial charge is 0.469 e. The van der Waals surface area contributed by atoms with Gasteiger partial charge in [-0.25, -0.2) is 9.37 Å². The standard InChI is InChI=1S/C19H20FN3O2/c20-13-6-8-15-16(12-13)22-19(21-15)17-5-1-2-10-23(17)18(24)9-7-14-4-3-11-25-14/h3-4,6,8,11-12,17H,1-2,5,7,9-10H2,(H,21,22)/t17-/m0/s1. The number of carbonyl (C=O) groups excluding carboxylic acids is 1. The minimum absolute atomic E-state index is 0.0756. The van der Waals surface area contributed by atoms with Crippen LogP contribution in [-0.4, -0.2) is 27.3 Å². The highest BCUT2D eigenvalue weighted by molar-refractivity contribution is 5.78. The number of rotatable bonds is 4. The Kier molecular flexibility index (Phi) is 4.26. The molecule has 130 valence electrons. The van der Waals surface area contributed by atoms with E-state index in [1.165, 1.54) is 12.1 Å². The minimum Gasteiger partial charge on any atom is -0.469 e. The van der Waals surface area contributed by atoms with E-state index in [1.807, 2.05) is 17.0 Å². The number of benzene rings is 1. The van der Waals surface area contributed by atoms with Crippen LogP contribution in [0.2, 0.25) is 0 Å². The summed E-state index contributed by atoms with van der Waals surface area (Å²) in [5.74, 6) is 1.37. The zero-order chi connectivity index (χ0) is 17.2. The minimum atomic E-state index is -0.294. The first-order valence-electron chi connectivity index (χ1n) is 8.68. The predicted molar refractivity (Wildman–Crippen MR) is 91.4 cm³/mol. The van der Waals surface area contributed by atoms with Crippen molar-refractivity contribution in [3.05, 3.63) is 54.0 Å². The third-order valence-electron chi connectivity index (χ3n) is 4.77. The number of piperidine rings is 1. The van der Waals surface area contributed by atoms with Gasteiger partial charge in [0.2, 0.25) is 5.91 Å². The van der Waals surface area contributed by atoms with Gasteiger partial charge in [0.15, 0.2) is 0 Å². The van der Waals surface area contributed by atoms with Gasteiger partial charge >= 0.3 is 0 Å². The molecule has 1 aliphatic heterocycles. The van der Waals surface area contributed by atoms with E-state index >= 15 is 0 Å². The maximum absolute atomic E-state index is 13.4. The summed E-state index contributed by atoms with van der Waals surface area (Å²) in [4.78, 5) is 22.4. The molecule has 0 radical (unpaired) electrons. The average Bonchev–Trinajstić information content (AvgIpc) is 3.28. The highest BCUT2D eigenvalue weighted by atomic mass is 19.1. The summed E-state index contributed by atoms with van der Waals surface area (Å²) >= 11 is 0. The van der Waals surface area contributed by atoms with Crippen LogP contribution in [0.3, 0.4) is 0 Å². The molecule has 0 saturated carbocycles. The predicted octanol–water partition coefficient (Wildman–Crippen LogP) is 3.98. The van der Waals surface area contributed by atoms with E-state index < -0.39 is 0 Å². The number of likely N-dealkylation sites (tertiary alicyclic amines) is 1. The van der Waals surface area contributed by atoms with Crippen LogP contribution < -0.4 is 0 Å². The Balaban J connectivity index is 1.54. The van der Waals surface area contributed by atoms with Gasteiger partial charge in [-0.2, -0.15) is 0 Å². The quantitative estimate of drug-likeness (QED) is 0.781. The molecule has 1 atom stereocenters. The number of hydrogen-bond donors (Lipinski definition) is 1. The molecule has 1 amide bonds. The first-order valence-corrected chi connectivity index (χ1v) is 8.68. The maximum atomic E-state index is 13.4. The Bertz CT molecular complexity index is 872. The number of furan rings is 1. The van der Waals surface area contributed by atoms with Crippen LogP contribution >= 0.6 is 0 Å². The van der Waals surface area contributed by atoms with Crippen LogP contribution in [0.25, 0.3) is 11.0 Å². The molecule has 2 aromatic heterocycles. The highest BCUT2D eigenvalue weighted by Crippen LogP contribution is 2.31. The van der Waals surface area contributed by atoms with Crippen molar-refractivity contribution >= 4 is 16.9 Å². The van der Waals surface area contributed by atoms with Gasteiger partial charge in [0.25, 0.3) is 0 Å². The number of halogens is 1. The summed E-state index contributed by atoms with van der Waals surface area (Å²) in [6.45, 7) is 0.729. The summed E-state index contributed by atoms with van der Waals surface area (Å²) in [5.41, 5.74) is 1.40. The number of aromatic amines is 1. The van der Waals surface area contributed by atoms with E-state index in [9.17, 15) is 9.18 Å². The molecule has 1 saturated heterocycles. The lowest BCUT2D eigenvalue weighted by atomic mass is 10.0. The van der Waals surface area contributed by atoms with Crippen molar-refractivity contribution in [2.45, 2.75) is 38.1 Å². The van der Waals surface area contributed by atoms with Crippen LogP contribution in [0.15, 0.2) is 41.0 Å². The van der Waals surface area contributed by atoms with Crippen molar-refractivity contribution in [2.75, 3.05) is 6.54 Å². The topological polar surface area (TPSA) is 62.1 Å². The summed E-state index contributed by atoms with van der Waals surface area (Å²) in [6.07, 6.45) is 5.56. The van der Waals surface area contributed by atoms with Gasteiger partial charge in [0.1, 0.15) is 17.4 Å². The molecule has 6 heteroatoms. The van der Waals surface area contributed by atoms with Gasteiger partial charge in [-0.15, -0.1) is 0 Å². The number of carbonyl (C=O) groups is 1. The van der Waals surface area contributed by atoms with Gasteiger partial charge in [-0.1, -0.05) is 0 Å². The second-order valence-electron chi connectivity index (χ2n) is 6.46. The number of fused-ring (bicyclic) bond motifs is 1. The van der Waals surface area contributed by atoms with Gasteiger partial charge < -0.3 is 14.3 Å². The van der Waals surface area contributed by atoms with Crippen LogP contribution in [0.5, 0.6) is 0 Å². The molecule has 1 N–H and O–H groups in total.